The summed E-state index contributed by atoms with van der Waals surface area (Å²) < 4.78 is 5.93. The number of unbranched alkanes of at least 4 members (excludes halogenated alkanes) is 1. The molecule has 0 saturated carbocycles. The maximum atomic E-state index is 6.18. The Kier molecular flexibility index (Phi) is 7.25. The van der Waals surface area contributed by atoms with E-state index in [2.05, 4.69) is 32.2 Å². The van der Waals surface area contributed by atoms with Crippen molar-refractivity contribution in [1.29, 1.82) is 0 Å². The molecule has 0 aromatic heterocycles. The van der Waals surface area contributed by atoms with E-state index in [0.717, 1.165) is 48.9 Å². The largest absolute Gasteiger partial charge is 0.493 e. The van der Waals surface area contributed by atoms with Gasteiger partial charge in [0.25, 0.3) is 0 Å². The van der Waals surface area contributed by atoms with Crippen LogP contribution in [0.2, 0.25) is 5.02 Å². The van der Waals surface area contributed by atoms with Crippen LogP contribution < -0.4 is 10.1 Å². The van der Waals surface area contributed by atoms with Gasteiger partial charge in [-0.2, -0.15) is 0 Å². The van der Waals surface area contributed by atoms with Crippen molar-refractivity contribution in [3.63, 3.8) is 0 Å². The van der Waals surface area contributed by atoms with Crippen LogP contribution in [0.3, 0.4) is 0 Å². The maximum Gasteiger partial charge on any atom is 0.123 e. The zero-order chi connectivity index (χ0) is 14.3. The Hall–Kier alpha value is -0.730. The molecule has 3 heteroatoms. The topological polar surface area (TPSA) is 21.3 Å². The average molecular weight is 284 g/mol. The average Bonchev–Trinajstić information content (AvgIpc) is 2.37. The molecule has 0 radical (unpaired) electrons. The molecule has 0 aliphatic carbocycles. The van der Waals surface area contributed by atoms with E-state index in [4.69, 9.17) is 16.3 Å². The van der Waals surface area contributed by atoms with Gasteiger partial charge in [-0.15, -0.1) is 0 Å². The molecular weight excluding hydrogens is 258 g/mol. The van der Waals surface area contributed by atoms with Crippen LogP contribution in [0.15, 0.2) is 12.1 Å². The van der Waals surface area contributed by atoms with Crippen molar-refractivity contribution in [2.24, 2.45) is 0 Å². The van der Waals surface area contributed by atoms with E-state index >= 15 is 0 Å². The van der Waals surface area contributed by atoms with E-state index in [0.29, 0.717) is 5.92 Å². The van der Waals surface area contributed by atoms with Gasteiger partial charge in [-0.25, -0.2) is 0 Å². The molecule has 0 bridgehead atoms. The summed E-state index contributed by atoms with van der Waals surface area (Å²) in [7, 11) is 0. The minimum Gasteiger partial charge on any atom is -0.493 e. The quantitative estimate of drug-likeness (QED) is 0.707. The van der Waals surface area contributed by atoms with Gasteiger partial charge in [-0.3, -0.25) is 0 Å². The predicted molar refractivity (Wildman–Crippen MR) is 83.6 cm³/mol. The number of nitrogens with one attached hydrogen (secondary N) is 1. The fourth-order valence-corrected chi connectivity index (χ4v) is 2.13. The number of hydrogen-bond acceptors (Lipinski definition) is 2. The highest BCUT2D eigenvalue weighted by Gasteiger charge is 2.10. The standard InChI is InChI=1S/C16H26ClNO/c1-5-18-8-6-7-9-19-16-10-13(4)15(17)11-14(16)12(2)3/h10-12,18H,5-9H2,1-4H3. The van der Waals surface area contributed by atoms with Crippen molar-refractivity contribution in [3.8, 4) is 5.75 Å². The second kappa shape index (κ2) is 8.44. The van der Waals surface area contributed by atoms with Crippen molar-refractivity contribution in [2.45, 2.75) is 46.5 Å². The van der Waals surface area contributed by atoms with Gasteiger partial charge < -0.3 is 10.1 Å². The molecule has 0 spiro atoms. The molecule has 0 aliphatic heterocycles. The molecule has 1 rings (SSSR count). The minimum atomic E-state index is 0.426. The van der Waals surface area contributed by atoms with E-state index in [9.17, 15) is 0 Å². The molecule has 108 valence electrons. The fourth-order valence-electron chi connectivity index (χ4n) is 1.96. The molecule has 0 atom stereocenters. The lowest BCUT2D eigenvalue weighted by Gasteiger charge is -2.16. The molecule has 0 fully saturated rings. The van der Waals surface area contributed by atoms with Gasteiger partial charge in [-0.05, 0) is 62.0 Å². The lowest BCUT2D eigenvalue weighted by molar-refractivity contribution is 0.302. The molecule has 1 N–H and O–H groups in total. The van der Waals surface area contributed by atoms with Gasteiger partial charge in [0, 0.05) is 5.02 Å². The van der Waals surface area contributed by atoms with Crippen LogP contribution in [0.1, 0.15) is 50.7 Å². The number of aryl methyl sites for hydroxylation is 1. The minimum absolute atomic E-state index is 0.426. The third-order valence-corrected chi connectivity index (χ3v) is 3.58. The van der Waals surface area contributed by atoms with E-state index < -0.39 is 0 Å². The van der Waals surface area contributed by atoms with Crippen molar-refractivity contribution < 1.29 is 4.74 Å². The molecule has 1 aromatic carbocycles. The molecule has 0 unspecified atom stereocenters. The first-order chi connectivity index (χ1) is 9.06. The molecule has 0 saturated heterocycles. The fraction of sp³-hybridized carbons (Fsp3) is 0.625. The van der Waals surface area contributed by atoms with E-state index in [1.54, 1.807) is 0 Å². The monoisotopic (exact) mass is 283 g/mol. The van der Waals surface area contributed by atoms with E-state index in [1.165, 1.54) is 5.56 Å². The summed E-state index contributed by atoms with van der Waals surface area (Å²) in [5.74, 6) is 1.41. The molecule has 0 amide bonds. The van der Waals surface area contributed by atoms with Crippen LogP contribution in [0.5, 0.6) is 5.75 Å². The normalized spacial score (nSPS) is 11.1. The summed E-state index contributed by atoms with van der Waals surface area (Å²) in [6, 6.07) is 4.09. The van der Waals surface area contributed by atoms with Crippen molar-refractivity contribution in [2.75, 3.05) is 19.7 Å². The first-order valence-corrected chi connectivity index (χ1v) is 7.57. The first kappa shape index (κ1) is 16.3. The number of rotatable bonds is 8. The summed E-state index contributed by atoms with van der Waals surface area (Å²) in [5, 5.41) is 4.14. The summed E-state index contributed by atoms with van der Waals surface area (Å²) in [5.41, 5.74) is 2.27. The van der Waals surface area contributed by atoms with Crippen molar-refractivity contribution in [3.05, 3.63) is 28.3 Å². The Morgan fingerprint density at radius 3 is 2.63 bits per heavy atom. The zero-order valence-electron chi connectivity index (χ0n) is 12.6. The van der Waals surface area contributed by atoms with Crippen LogP contribution in [-0.2, 0) is 0 Å². The van der Waals surface area contributed by atoms with Crippen LogP contribution >= 0.6 is 11.6 Å². The number of benzene rings is 1. The Labute approximate surface area is 122 Å². The van der Waals surface area contributed by atoms with Gasteiger partial charge in [0.1, 0.15) is 5.75 Å². The highest BCUT2D eigenvalue weighted by Crippen LogP contribution is 2.32. The third kappa shape index (κ3) is 5.42. The van der Waals surface area contributed by atoms with Gasteiger partial charge in [0.15, 0.2) is 0 Å². The van der Waals surface area contributed by atoms with Crippen LogP contribution in [0.4, 0.5) is 0 Å². The Bertz CT molecular complexity index is 391. The van der Waals surface area contributed by atoms with Crippen LogP contribution in [-0.4, -0.2) is 19.7 Å². The van der Waals surface area contributed by atoms with Gasteiger partial charge in [-0.1, -0.05) is 32.4 Å². The Balaban J connectivity index is 2.54. The Morgan fingerprint density at radius 1 is 1.26 bits per heavy atom. The molecule has 1 aromatic rings. The number of ether oxygens (including phenoxy) is 1. The van der Waals surface area contributed by atoms with Gasteiger partial charge in [0.2, 0.25) is 0 Å². The lowest BCUT2D eigenvalue weighted by Crippen LogP contribution is -2.14. The van der Waals surface area contributed by atoms with E-state index in [1.807, 2.05) is 13.0 Å². The van der Waals surface area contributed by atoms with Gasteiger partial charge in [0.05, 0.1) is 6.61 Å². The van der Waals surface area contributed by atoms with E-state index in [-0.39, 0.29) is 0 Å². The second-order valence-corrected chi connectivity index (χ2v) is 5.61. The molecule has 0 heterocycles. The summed E-state index contributed by atoms with van der Waals surface area (Å²) in [4.78, 5) is 0. The van der Waals surface area contributed by atoms with Crippen molar-refractivity contribution in [1.82, 2.24) is 5.32 Å². The second-order valence-electron chi connectivity index (χ2n) is 5.20. The summed E-state index contributed by atoms with van der Waals surface area (Å²) in [6.45, 7) is 11.3. The number of halogens is 1. The first-order valence-electron chi connectivity index (χ1n) is 7.19. The highest BCUT2D eigenvalue weighted by atomic mass is 35.5. The maximum absolute atomic E-state index is 6.18. The Morgan fingerprint density at radius 2 is 2.00 bits per heavy atom. The molecule has 0 aliphatic rings. The number of hydrogen-bond donors (Lipinski definition) is 1. The SMILES string of the molecule is CCNCCCCOc1cc(C)c(Cl)cc1C(C)C. The molecule has 2 nitrogen and oxygen atoms in total. The van der Waals surface area contributed by atoms with Crippen molar-refractivity contribution >= 4 is 11.6 Å². The molecule has 19 heavy (non-hydrogen) atoms. The lowest BCUT2D eigenvalue weighted by atomic mass is 10.0. The zero-order valence-corrected chi connectivity index (χ0v) is 13.3. The van der Waals surface area contributed by atoms with Crippen LogP contribution in [0.25, 0.3) is 0 Å². The summed E-state index contributed by atoms with van der Waals surface area (Å²) in [6.07, 6.45) is 2.23. The predicted octanol–water partition coefficient (Wildman–Crippen LogP) is 4.54. The highest BCUT2D eigenvalue weighted by molar-refractivity contribution is 6.31. The smallest absolute Gasteiger partial charge is 0.123 e. The third-order valence-electron chi connectivity index (χ3n) is 3.17. The van der Waals surface area contributed by atoms with Gasteiger partial charge >= 0.3 is 0 Å². The summed E-state index contributed by atoms with van der Waals surface area (Å²) >= 11 is 6.18. The van der Waals surface area contributed by atoms with Crippen LogP contribution in [0, 0.1) is 6.92 Å². The molecular formula is C16H26ClNO.